The second-order valence-corrected chi connectivity index (χ2v) is 8.06. The van der Waals surface area contributed by atoms with E-state index in [1.54, 1.807) is 29.8 Å². The van der Waals surface area contributed by atoms with Crippen LogP contribution in [0.2, 0.25) is 0 Å². The number of carbonyl (C=O) groups excluding carboxylic acids is 1. The van der Waals surface area contributed by atoms with Gasteiger partial charge in [-0.2, -0.15) is 0 Å². The largest absolute Gasteiger partial charge is 0.357 e. The van der Waals surface area contributed by atoms with Crippen molar-refractivity contribution in [1.82, 2.24) is 30.5 Å². The van der Waals surface area contributed by atoms with Crippen LogP contribution in [-0.2, 0) is 17.8 Å². The van der Waals surface area contributed by atoms with Gasteiger partial charge in [0, 0.05) is 69.2 Å². The molecular formula is C20H31IN8OS. The number of aryl methyl sites for hydroxylation is 1. The van der Waals surface area contributed by atoms with Crippen molar-refractivity contribution in [3.05, 3.63) is 34.5 Å². The number of hydrogen-bond donors (Lipinski definition) is 2. The van der Waals surface area contributed by atoms with E-state index in [0.717, 1.165) is 37.0 Å². The third kappa shape index (κ3) is 7.87. The van der Waals surface area contributed by atoms with E-state index in [1.165, 1.54) is 4.88 Å². The van der Waals surface area contributed by atoms with Crippen molar-refractivity contribution >= 4 is 53.1 Å². The zero-order valence-corrected chi connectivity index (χ0v) is 21.2. The fourth-order valence-electron chi connectivity index (χ4n) is 3.13. The van der Waals surface area contributed by atoms with Crippen molar-refractivity contribution in [3.63, 3.8) is 0 Å². The maximum atomic E-state index is 12.6. The smallest absolute Gasteiger partial charge is 0.225 e. The summed E-state index contributed by atoms with van der Waals surface area (Å²) in [6, 6.07) is 1.81. The zero-order chi connectivity index (χ0) is 21.2. The average Bonchev–Trinajstić information content (AvgIpc) is 3.26. The van der Waals surface area contributed by atoms with Gasteiger partial charge in [0.1, 0.15) is 5.01 Å². The summed E-state index contributed by atoms with van der Waals surface area (Å²) in [6.07, 6.45) is 6.83. The van der Waals surface area contributed by atoms with Crippen LogP contribution in [0.3, 0.4) is 0 Å². The van der Waals surface area contributed by atoms with Crippen LogP contribution < -0.4 is 15.5 Å². The molecule has 31 heavy (non-hydrogen) atoms. The Morgan fingerprint density at radius 2 is 1.87 bits per heavy atom. The van der Waals surface area contributed by atoms with Crippen LogP contribution in [0, 0.1) is 0 Å². The number of guanidine groups is 1. The molecule has 0 radical (unpaired) electrons. The number of aliphatic imine (C=N–C) groups is 1. The fraction of sp³-hybridized carbons (Fsp3) is 0.550. The minimum Gasteiger partial charge on any atom is -0.357 e. The van der Waals surface area contributed by atoms with Crippen LogP contribution in [0.5, 0.6) is 0 Å². The molecular weight excluding hydrogens is 527 g/mol. The van der Waals surface area contributed by atoms with Gasteiger partial charge in [-0.05, 0) is 19.4 Å². The molecule has 3 rings (SSSR count). The predicted molar refractivity (Wildman–Crippen MR) is 135 cm³/mol. The topological polar surface area (TPSA) is 98.6 Å². The highest BCUT2D eigenvalue weighted by atomic mass is 127. The third-order valence-corrected chi connectivity index (χ3v) is 5.89. The van der Waals surface area contributed by atoms with Gasteiger partial charge in [0.15, 0.2) is 5.96 Å². The van der Waals surface area contributed by atoms with Gasteiger partial charge in [-0.1, -0.05) is 6.92 Å². The van der Waals surface area contributed by atoms with E-state index in [-0.39, 0.29) is 29.9 Å². The van der Waals surface area contributed by atoms with Crippen molar-refractivity contribution < 1.29 is 4.79 Å². The molecule has 3 heterocycles. The fourth-order valence-corrected chi connectivity index (χ4v) is 3.92. The number of rotatable bonds is 8. The molecule has 2 aromatic rings. The van der Waals surface area contributed by atoms with Crippen LogP contribution in [0.25, 0.3) is 0 Å². The summed E-state index contributed by atoms with van der Waals surface area (Å²) in [6.45, 7) is 8.88. The normalized spacial score (nSPS) is 14.2. The summed E-state index contributed by atoms with van der Waals surface area (Å²) in [5.41, 5.74) is 0. The van der Waals surface area contributed by atoms with Crippen LogP contribution in [0.4, 0.5) is 5.95 Å². The first-order valence-corrected chi connectivity index (χ1v) is 11.3. The molecule has 0 bridgehead atoms. The van der Waals surface area contributed by atoms with E-state index in [9.17, 15) is 4.79 Å². The summed E-state index contributed by atoms with van der Waals surface area (Å²) < 4.78 is 0. The van der Waals surface area contributed by atoms with Crippen LogP contribution in [0.15, 0.2) is 29.6 Å². The summed E-state index contributed by atoms with van der Waals surface area (Å²) in [5.74, 6) is 1.59. The van der Waals surface area contributed by atoms with Gasteiger partial charge in [-0.25, -0.2) is 19.9 Å². The van der Waals surface area contributed by atoms with Gasteiger partial charge >= 0.3 is 0 Å². The molecule has 2 N–H and O–H groups in total. The van der Waals surface area contributed by atoms with Gasteiger partial charge < -0.3 is 20.4 Å². The quantitative estimate of drug-likeness (QED) is 0.290. The Kier molecular flexibility index (Phi) is 10.9. The molecule has 1 fully saturated rings. The summed E-state index contributed by atoms with van der Waals surface area (Å²) in [5, 5.41) is 7.48. The van der Waals surface area contributed by atoms with Crippen molar-refractivity contribution in [2.45, 2.75) is 33.2 Å². The maximum absolute atomic E-state index is 12.6. The molecule has 1 amide bonds. The van der Waals surface area contributed by atoms with E-state index < -0.39 is 0 Å². The second kappa shape index (κ2) is 13.4. The molecule has 0 aromatic carbocycles. The van der Waals surface area contributed by atoms with Gasteiger partial charge in [0.25, 0.3) is 0 Å². The Labute approximate surface area is 204 Å². The van der Waals surface area contributed by atoms with Crippen LogP contribution >= 0.6 is 35.3 Å². The highest BCUT2D eigenvalue weighted by Gasteiger charge is 2.22. The molecule has 1 aliphatic rings. The molecule has 0 aliphatic carbocycles. The lowest BCUT2D eigenvalue weighted by Gasteiger charge is -2.34. The molecule has 9 nitrogen and oxygen atoms in total. The first-order valence-electron chi connectivity index (χ1n) is 10.4. The molecule has 2 aromatic heterocycles. The second-order valence-electron chi connectivity index (χ2n) is 6.86. The molecule has 1 aliphatic heterocycles. The highest BCUT2D eigenvalue weighted by molar-refractivity contribution is 14.0. The lowest BCUT2D eigenvalue weighted by atomic mass is 10.3. The Morgan fingerprint density at radius 3 is 2.52 bits per heavy atom. The summed E-state index contributed by atoms with van der Waals surface area (Å²) >= 11 is 1.69. The van der Waals surface area contributed by atoms with E-state index in [2.05, 4.69) is 42.4 Å². The van der Waals surface area contributed by atoms with E-state index in [1.807, 2.05) is 18.0 Å². The van der Waals surface area contributed by atoms with Crippen molar-refractivity contribution in [1.29, 1.82) is 0 Å². The standard InChI is InChI=1S/C20H30N8OS.HI/c1-3-16-14-25-17(30-16)15-26-19(21-4-2)22-9-6-18(29)27-10-12-28(13-11-27)20-23-7-5-8-24-20;/h5,7-8,14H,3-4,6,9-13,15H2,1-2H3,(H2,21,22,26);1H. The average molecular weight is 558 g/mol. The van der Waals surface area contributed by atoms with Crippen molar-refractivity contribution in [3.8, 4) is 0 Å². The van der Waals surface area contributed by atoms with Gasteiger partial charge in [-0.3, -0.25) is 4.79 Å². The van der Waals surface area contributed by atoms with Crippen molar-refractivity contribution in [2.75, 3.05) is 44.2 Å². The van der Waals surface area contributed by atoms with Crippen LogP contribution in [0.1, 0.15) is 30.2 Å². The van der Waals surface area contributed by atoms with Crippen molar-refractivity contribution in [2.24, 2.45) is 4.99 Å². The third-order valence-electron chi connectivity index (χ3n) is 4.77. The number of piperazine rings is 1. The Bertz CT molecular complexity index is 824. The van der Waals surface area contributed by atoms with E-state index in [4.69, 9.17) is 0 Å². The molecule has 170 valence electrons. The first-order chi connectivity index (χ1) is 14.7. The lowest BCUT2D eigenvalue weighted by Crippen LogP contribution is -2.50. The van der Waals surface area contributed by atoms with Gasteiger partial charge in [-0.15, -0.1) is 35.3 Å². The number of nitrogens with zero attached hydrogens (tertiary/aromatic N) is 6. The number of thiazole rings is 1. The maximum Gasteiger partial charge on any atom is 0.225 e. The number of halogens is 1. The SMILES string of the molecule is CCNC(=NCc1ncc(CC)s1)NCCC(=O)N1CCN(c2ncccn2)CC1.I. The minimum absolute atomic E-state index is 0. The molecule has 0 atom stereocenters. The molecule has 0 saturated carbocycles. The Hall–Kier alpha value is -2.02. The number of amides is 1. The molecule has 1 saturated heterocycles. The Morgan fingerprint density at radius 1 is 1.13 bits per heavy atom. The minimum atomic E-state index is 0. The number of anilines is 1. The summed E-state index contributed by atoms with van der Waals surface area (Å²) in [7, 11) is 0. The number of carbonyl (C=O) groups is 1. The predicted octanol–water partition coefficient (Wildman–Crippen LogP) is 1.91. The van der Waals surface area contributed by atoms with Gasteiger partial charge in [0.2, 0.25) is 11.9 Å². The highest BCUT2D eigenvalue weighted by Crippen LogP contribution is 2.14. The van der Waals surface area contributed by atoms with E-state index >= 15 is 0 Å². The van der Waals surface area contributed by atoms with E-state index in [0.29, 0.717) is 38.6 Å². The molecule has 0 unspecified atom stereocenters. The number of nitrogens with one attached hydrogen (secondary N) is 2. The Balaban J connectivity index is 0.00000341. The molecule has 0 spiro atoms. The van der Waals surface area contributed by atoms with Crippen LogP contribution in [-0.4, -0.2) is 71.0 Å². The lowest BCUT2D eigenvalue weighted by molar-refractivity contribution is -0.131. The number of aromatic nitrogens is 3. The first kappa shape index (κ1) is 25.2. The van der Waals surface area contributed by atoms with Gasteiger partial charge in [0.05, 0.1) is 6.54 Å². The molecule has 11 heteroatoms. The summed E-state index contributed by atoms with van der Waals surface area (Å²) in [4.78, 5) is 35.4. The monoisotopic (exact) mass is 558 g/mol. The zero-order valence-electron chi connectivity index (χ0n) is 18.1. The number of hydrogen-bond acceptors (Lipinski definition) is 7.